The molecule has 1 fully saturated rings. The third-order valence-electron chi connectivity index (χ3n) is 4.39. The molecule has 2 aliphatic rings. The van der Waals surface area contributed by atoms with E-state index in [9.17, 15) is 0 Å². The Kier molecular flexibility index (Phi) is 2.49. The summed E-state index contributed by atoms with van der Waals surface area (Å²) in [7, 11) is 0. The van der Waals surface area contributed by atoms with Crippen molar-refractivity contribution in [2.45, 2.75) is 53.4 Å². The van der Waals surface area contributed by atoms with E-state index in [0.717, 1.165) is 17.8 Å². The molecule has 0 aromatic rings. The summed E-state index contributed by atoms with van der Waals surface area (Å²) >= 11 is 0. The standard InChI is InChI=1S/C14H24/c1-10-7-11(2)13-9-14(3,4)6-5-12(13)8-10/h7,11-13H,5-6,8-9H2,1-4H3. The molecule has 0 heterocycles. The fourth-order valence-electron chi connectivity index (χ4n) is 3.62. The molecule has 0 nitrogen and oxygen atoms in total. The molecule has 0 bridgehead atoms. The zero-order valence-electron chi connectivity index (χ0n) is 10.1. The van der Waals surface area contributed by atoms with Gasteiger partial charge in [0.2, 0.25) is 0 Å². The molecule has 0 spiro atoms. The molecule has 0 aromatic heterocycles. The van der Waals surface area contributed by atoms with E-state index in [1.165, 1.54) is 25.7 Å². The van der Waals surface area contributed by atoms with Gasteiger partial charge in [0.1, 0.15) is 0 Å². The fraction of sp³-hybridized carbons (Fsp3) is 0.857. The summed E-state index contributed by atoms with van der Waals surface area (Å²) in [5, 5.41) is 0. The van der Waals surface area contributed by atoms with E-state index in [-0.39, 0.29) is 0 Å². The second-order valence-electron chi connectivity index (χ2n) is 6.41. The molecule has 1 saturated carbocycles. The van der Waals surface area contributed by atoms with Crippen LogP contribution in [-0.4, -0.2) is 0 Å². The predicted molar refractivity (Wildman–Crippen MR) is 62.2 cm³/mol. The average Bonchev–Trinajstić information content (AvgIpc) is 2.06. The van der Waals surface area contributed by atoms with Crippen molar-refractivity contribution < 1.29 is 0 Å². The lowest BCUT2D eigenvalue weighted by molar-refractivity contribution is 0.0857. The molecule has 0 aliphatic heterocycles. The Morgan fingerprint density at radius 2 is 2.07 bits per heavy atom. The van der Waals surface area contributed by atoms with Crippen molar-refractivity contribution >= 4 is 0 Å². The van der Waals surface area contributed by atoms with Gasteiger partial charge in [-0.15, -0.1) is 0 Å². The quantitative estimate of drug-likeness (QED) is 0.499. The summed E-state index contributed by atoms with van der Waals surface area (Å²) in [5.74, 6) is 2.80. The molecule has 3 unspecified atom stereocenters. The third kappa shape index (κ3) is 1.89. The normalized spacial score (nSPS) is 41.4. The highest BCUT2D eigenvalue weighted by molar-refractivity contribution is 5.10. The first-order chi connectivity index (χ1) is 6.48. The maximum Gasteiger partial charge on any atom is -0.0228 e. The summed E-state index contributed by atoms with van der Waals surface area (Å²) < 4.78 is 0. The van der Waals surface area contributed by atoms with Gasteiger partial charge in [0.05, 0.1) is 0 Å². The lowest BCUT2D eigenvalue weighted by Crippen LogP contribution is -2.35. The molecule has 0 heteroatoms. The summed E-state index contributed by atoms with van der Waals surface area (Å²) in [5.41, 5.74) is 2.24. The van der Waals surface area contributed by atoms with Gasteiger partial charge < -0.3 is 0 Å². The molecular formula is C14H24. The second-order valence-corrected chi connectivity index (χ2v) is 6.41. The van der Waals surface area contributed by atoms with Gasteiger partial charge >= 0.3 is 0 Å². The van der Waals surface area contributed by atoms with Crippen molar-refractivity contribution in [1.82, 2.24) is 0 Å². The summed E-state index contributed by atoms with van der Waals surface area (Å²) in [6.45, 7) is 9.62. The molecule has 2 rings (SSSR count). The minimum atomic E-state index is 0.606. The van der Waals surface area contributed by atoms with E-state index < -0.39 is 0 Å². The van der Waals surface area contributed by atoms with E-state index in [4.69, 9.17) is 0 Å². The van der Waals surface area contributed by atoms with Crippen LogP contribution in [0.4, 0.5) is 0 Å². The number of hydrogen-bond donors (Lipinski definition) is 0. The van der Waals surface area contributed by atoms with E-state index in [1.807, 2.05) is 0 Å². The van der Waals surface area contributed by atoms with Crippen LogP contribution < -0.4 is 0 Å². The van der Waals surface area contributed by atoms with Crippen LogP contribution in [-0.2, 0) is 0 Å². The number of rotatable bonds is 0. The fourth-order valence-corrected chi connectivity index (χ4v) is 3.62. The maximum absolute atomic E-state index is 2.52. The molecule has 80 valence electrons. The highest BCUT2D eigenvalue weighted by atomic mass is 14.4. The molecule has 0 aromatic carbocycles. The first-order valence-electron chi connectivity index (χ1n) is 6.15. The first kappa shape index (κ1) is 10.3. The van der Waals surface area contributed by atoms with E-state index in [0.29, 0.717) is 5.41 Å². The van der Waals surface area contributed by atoms with Crippen LogP contribution >= 0.6 is 0 Å². The Morgan fingerprint density at radius 3 is 2.79 bits per heavy atom. The van der Waals surface area contributed by atoms with Gasteiger partial charge in [-0.3, -0.25) is 0 Å². The Balaban J connectivity index is 2.15. The minimum Gasteiger partial charge on any atom is -0.0825 e. The molecule has 2 aliphatic carbocycles. The number of hydrogen-bond acceptors (Lipinski definition) is 0. The Morgan fingerprint density at radius 1 is 1.36 bits per heavy atom. The largest absolute Gasteiger partial charge is 0.0825 e. The second kappa shape index (κ2) is 3.40. The SMILES string of the molecule is CC1=CC(C)C2CC(C)(C)CCC2C1. The van der Waals surface area contributed by atoms with Gasteiger partial charge in [0, 0.05) is 0 Å². The van der Waals surface area contributed by atoms with Crippen molar-refractivity contribution in [2.24, 2.45) is 23.2 Å². The maximum atomic E-state index is 2.52. The lowest BCUT2D eigenvalue weighted by Gasteiger charge is -2.45. The van der Waals surface area contributed by atoms with Crippen LogP contribution in [0.3, 0.4) is 0 Å². The highest BCUT2D eigenvalue weighted by Crippen LogP contribution is 2.49. The van der Waals surface area contributed by atoms with Crippen LogP contribution in [0, 0.1) is 23.2 Å². The van der Waals surface area contributed by atoms with Crippen molar-refractivity contribution in [3.05, 3.63) is 11.6 Å². The molecule has 0 N–H and O–H groups in total. The summed E-state index contributed by atoms with van der Waals surface area (Å²) in [4.78, 5) is 0. The topological polar surface area (TPSA) is 0 Å². The molecule has 0 radical (unpaired) electrons. The van der Waals surface area contributed by atoms with Crippen molar-refractivity contribution in [3.8, 4) is 0 Å². The van der Waals surface area contributed by atoms with Crippen LogP contribution in [0.25, 0.3) is 0 Å². The predicted octanol–water partition coefficient (Wildman–Crippen LogP) is 4.42. The van der Waals surface area contributed by atoms with Crippen LogP contribution in [0.2, 0.25) is 0 Å². The van der Waals surface area contributed by atoms with Crippen LogP contribution in [0.5, 0.6) is 0 Å². The monoisotopic (exact) mass is 192 g/mol. The van der Waals surface area contributed by atoms with Gasteiger partial charge in [-0.05, 0) is 55.8 Å². The van der Waals surface area contributed by atoms with Gasteiger partial charge in [-0.25, -0.2) is 0 Å². The van der Waals surface area contributed by atoms with Gasteiger partial charge in [-0.1, -0.05) is 32.4 Å². The third-order valence-corrected chi connectivity index (χ3v) is 4.39. The summed E-state index contributed by atoms with van der Waals surface area (Å²) in [6.07, 6.45) is 8.25. The Hall–Kier alpha value is -0.260. The van der Waals surface area contributed by atoms with Crippen molar-refractivity contribution in [3.63, 3.8) is 0 Å². The Labute approximate surface area is 88.8 Å². The molecule has 0 amide bonds. The molecule has 3 atom stereocenters. The van der Waals surface area contributed by atoms with Gasteiger partial charge in [0.15, 0.2) is 0 Å². The van der Waals surface area contributed by atoms with Crippen molar-refractivity contribution in [1.29, 1.82) is 0 Å². The minimum absolute atomic E-state index is 0.606. The first-order valence-corrected chi connectivity index (χ1v) is 6.15. The van der Waals surface area contributed by atoms with E-state index >= 15 is 0 Å². The van der Waals surface area contributed by atoms with E-state index in [1.54, 1.807) is 5.57 Å². The lowest BCUT2D eigenvalue weighted by atomic mass is 9.60. The highest BCUT2D eigenvalue weighted by Gasteiger charge is 2.38. The van der Waals surface area contributed by atoms with Gasteiger partial charge in [-0.2, -0.15) is 0 Å². The smallest absolute Gasteiger partial charge is 0.0228 e. The van der Waals surface area contributed by atoms with Crippen LogP contribution in [0.15, 0.2) is 11.6 Å². The molecule has 14 heavy (non-hydrogen) atoms. The zero-order valence-corrected chi connectivity index (χ0v) is 10.1. The summed E-state index contributed by atoms with van der Waals surface area (Å²) in [6, 6.07) is 0. The molecular weight excluding hydrogens is 168 g/mol. The Bertz CT molecular complexity index is 247. The average molecular weight is 192 g/mol. The van der Waals surface area contributed by atoms with Gasteiger partial charge in [0.25, 0.3) is 0 Å². The van der Waals surface area contributed by atoms with Crippen LogP contribution in [0.1, 0.15) is 53.4 Å². The van der Waals surface area contributed by atoms with Crippen molar-refractivity contribution in [2.75, 3.05) is 0 Å². The zero-order chi connectivity index (χ0) is 10.3. The number of allylic oxidation sites excluding steroid dienone is 2. The number of fused-ring (bicyclic) bond motifs is 1. The molecule has 0 saturated heterocycles. The van der Waals surface area contributed by atoms with E-state index in [2.05, 4.69) is 33.8 Å².